The van der Waals surface area contributed by atoms with Crippen molar-refractivity contribution in [2.24, 2.45) is 0 Å². The van der Waals surface area contributed by atoms with Gasteiger partial charge in [0, 0.05) is 16.5 Å². The van der Waals surface area contributed by atoms with Crippen LogP contribution in [-0.2, 0) is 4.79 Å². The molecule has 0 unspecified atom stereocenters. The summed E-state index contributed by atoms with van der Waals surface area (Å²) in [6.07, 6.45) is 1.67. The Morgan fingerprint density at radius 1 is 1.00 bits per heavy atom. The Hall–Kier alpha value is -5.72. The summed E-state index contributed by atoms with van der Waals surface area (Å²) < 4.78 is 16.8. The predicted octanol–water partition coefficient (Wildman–Crippen LogP) is 7.16. The van der Waals surface area contributed by atoms with Gasteiger partial charge in [-0.15, -0.1) is 11.3 Å². The normalized spacial score (nSPS) is 11.3. The first kappa shape index (κ1) is 27.4. The lowest BCUT2D eigenvalue weighted by Gasteiger charge is -2.11. The van der Waals surface area contributed by atoms with E-state index in [4.69, 9.17) is 13.9 Å². The van der Waals surface area contributed by atoms with Crippen molar-refractivity contribution in [2.75, 3.05) is 19.0 Å². The van der Waals surface area contributed by atoms with E-state index in [1.54, 1.807) is 53.9 Å². The van der Waals surface area contributed by atoms with E-state index in [0.29, 0.717) is 50.2 Å². The molecule has 8 nitrogen and oxygen atoms in total. The van der Waals surface area contributed by atoms with E-state index in [9.17, 15) is 14.9 Å². The fraction of sp³-hybridized carbons (Fsp3) is 0.0588. The number of thiazole rings is 1. The minimum Gasteiger partial charge on any atom is -0.493 e. The molecule has 4 aromatic carbocycles. The van der Waals surface area contributed by atoms with Crippen molar-refractivity contribution in [3.8, 4) is 28.8 Å². The maximum Gasteiger partial charge on any atom is 0.345 e. The number of fused-ring (bicyclic) bond motifs is 3. The number of nitrogens with one attached hydrogen (secondary N) is 1. The highest BCUT2D eigenvalue weighted by Crippen LogP contribution is 2.32. The van der Waals surface area contributed by atoms with Gasteiger partial charge in [0.1, 0.15) is 16.7 Å². The minimum absolute atomic E-state index is 0.204. The van der Waals surface area contributed by atoms with E-state index >= 15 is 0 Å². The molecule has 2 aromatic heterocycles. The number of carbonyl (C=O) groups is 1. The topological polar surface area (TPSA) is 114 Å². The summed E-state index contributed by atoms with van der Waals surface area (Å²) in [5.74, 6) is 0.477. The molecule has 1 N–H and O–H groups in total. The fourth-order valence-corrected chi connectivity index (χ4v) is 5.42. The van der Waals surface area contributed by atoms with Gasteiger partial charge in [-0.2, -0.15) is 5.26 Å². The SMILES string of the molecule is COc1cc(/C=C(\C#N)c2nc(-c3cc4c(ccc5ccccc54)oc3=O)cs2)ccc1OCC(=O)Nc1ccccc1. The van der Waals surface area contributed by atoms with Crippen LogP contribution in [0.25, 0.3) is 44.6 Å². The molecular formula is C34H23N3O5S. The van der Waals surface area contributed by atoms with Crippen LogP contribution in [0.3, 0.4) is 0 Å². The number of nitrogens with zero attached hydrogens (tertiary/aromatic N) is 2. The highest BCUT2D eigenvalue weighted by molar-refractivity contribution is 7.11. The van der Waals surface area contributed by atoms with E-state index in [0.717, 1.165) is 16.2 Å². The Bertz CT molecular complexity index is 2110. The van der Waals surface area contributed by atoms with Crippen LogP contribution in [0.2, 0.25) is 0 Å². The lowest BCUT2D eigenvalue weighted by atomic mass is 10.0. The number of hydrogen-bond acceptors (Lipinski definition) is 8. The molecule has 0 aliphatic heterocycles. The Labute approximate surface area is 250 Å². The number of methoxy groups -OCH3 is 1. The molecule has 43 heavy (non-hydrogen) atoms. The summed E-state index contributed by atoms with van der Waals surface area (Å²) in [6, 6.07) is 29.8. The zero-order chi connectivity index (χ0) is 29.8. The highest BCUT2D eigenvalue weighted by atomic mass is 32.1. The summed E-state index contributed by atoms with van der Waals surface area (Å²) in [7, 11) is 1.50. The molecule has 0 saturated heterocycles. The third-order valence-corrected chi connectivity index (χ3v) is 7.56. The molecule has 2 heterocycles. The predicted molar refractivity (Wildman–Crippen MR) is 168 cm³/mol. The van der Waals surface area contributed by atoms with Gasteiger partial charge in [0.25, 0.3) is 5.91 Å². The monoisotopic (exact) mass is 585 g/mol. The van der Waals surface area contributed by atoms with E-state index < -0.39 is 5.63 Å². The Morgan fingerprint density at radius 3 is 2.63 bits per heavy atom. The van der Waals surface area contributed by atoms with Crippen LogP contribution >= 0.6 is 11.3 Å². The van der Waals surface area contributed by atoms with Crippen LogP contribution in [0.5, 0.6) is 11.5 Å². The summed E-state index contributed by atoms with van der Waals surface area (Å²) in [4.78, 5) is 29.8. The molecule has 0 radical (unpaired) electrons. The van der Waals surface area contributed by atoms with Crippen molar-refractivity contribution in [1.29, 1.82) is 5.26 Å². The number of anilines is 1. The molecule has 6 rings (SSSR count). The number of allylic oxidation sites excluding steroid dienone is 1. The number of aromatic nitrogens is 1. The Morgan fingerprint density at radius 2 is 1.81 bits per heavy atom. The van der Waals surface area contributed by atoms with Crippen LogP contribution < -0.4 is 20.4 Å². The molecule has 0 aliphatic carbocycles. The molecule has 0 spiro atoms. The molecule has 0 saturated carbocycles. The van der Waals surface area contributed by atoms with Gasteiger partial charge in [-0.05, 0) is 58.8 Å². The standard InChI is InChI=1S/C34H23N3O5S/c1-40-31-16-21(11-13-30(31)41-19-32(38)36-24-8-3-2-4-9-24)15-23(18-35)33-37-28(20-43-33)27-17-26-25-10-6-5-7-22(25)12-14-29(26)42-34(27)39/h2-17,20H,19H2,1H3,(H,36,38)/b23-15+. The smallest absolute Gasteiger partial charge is 0.345 e. The molecular weight excluding hydrogens is 562 g/mol. The van der Waals surface area contributed by atoms with Crippen LogP contribution in [0, 0.1) is 11.3 Å². The second-order valence-electron chi connectivity index (χ2n) is 9.47. The third kappa shape index (κ3) is 5.86. The number of ether oxygens (including phenoxy) is 2. The number of para-hydroxylation sites is 1. The van der Waals surface area contributed by atoms with E-state index in [1.807, 2.05) is 48.5 Å². The molecule has 0 bridgehead atoms. The summed E-state index contributed by atoms with van der Waals surface area (Å²) in [6.45, 7) is -0.204. The van der Waals surface area contributed by atoms with Crippen LogP contribution in [-0.4, -0.2) is 24.6 Å². The molecule has 6 aromatic rings. The molecule has 0 fully saturated rings. The quantitative estimate of drug-likeness (QED) is 0.114. The first-order valence-corrected chi connectivity index (χ1v) is 14.1. The maximum atomic E-state index is 12.9. The highest BCUT2D eigenvalue weighted by Gasteiger charge is 2.16. The molecule has 210 valence electrons. The van der Waals surface area contributed by atoms with Crippen molar-refractivity contribution in [3.63, 3.8) is 0 Å². The zero-order valence-electron chi connectivity index (χ0n) is 22.9. The van der Waals surface area contributed by atoms with E-state index in [-0.39, 0.29) is 12.5 Å². The summed E-state index contributed by atoms with van der Waals surface area (Å²) in [5.41, 5.74) is 2.40. The van der Waals surface area contributed by atoms with E-state index in [1.165, 1.54) is 18.4 Å². The number of rotatable bonds is 8. The second kappa shape index (κ2) is 12.0. The summed E-state index contributed by atoms with van der Waals surface area (Å²) in [5, 5.41) is 17.7. The Kier molecular flexibility index (Phi) is 7.68. The largest absolute Gasteiger partial charge is 0.493 e. The van der Waals surface area contributed by atoms with Gasteiger partial charge in [0.15, 0.2) is 18.1 Å². The lowest BCUT2D eigenvalue weighted by Crippen LogP contribution is -2.20. The van der Waals surface area contributed by atoms with Crippen molar-refractivity contribution in [1.82, 2.24) is 4.98 Å². The lowest BCUT2D eigenvalue weighted by molar-refractivity contribution is -0.118. The average molecular weight is 586 g/mol. The van der Waals surface area contributed by atoms with Gasteiger partial charge in [0.05, 0.1) is 23.9 Å². The first-order valence-electron chi connectivity index (χ1n) is 13.2. The molecule has 0 aliphatic rings. The minimum atomic E-state index is -0.500. The number of hydrogen-bond donors (Lipinski definition) is 1. The Balaban J connectivity index is 1.24. The van der Waals surface area contributed by atoms with Crippen LogP contribution in [0.1, 0.15) is 10.6 Å². The van der Waals surface area contributed by atoms with Crippen molar-refractivity contribution in [3.05, 3.63) is 117 Å². The number of carbonyl (C=O) groups excluding carboxylic acids is 1. The average Bonchev–Trinajstić information content (AvgIpc) is 3.52. The molecule has 1 amide bonds. The number of nitriles is 1. The second-order valence-corrected chi connectivity index (χ2v) is 10.3. The third-order valence-electron chi connectivity index (χ3n) is 6.69. The van der Waals surface area contributed by atoms with Crippen molar-refractivity contribution < 1.29 is 18.7 Å². The maximum absolute atomic E-state index is 12.9. The van der Waals surface area contributed by atoms with Gasteiger partial charge in [-0.25, -0.2) is 9.78 Å². The van der Waals surface area contributed by atoms with Gasteiger partial charge >= 0.3 is 5.63 Å². The van der Waals surface area contributed by atoms with Crippen molar-refractivity contribution >= 4 is 56.3 Å². The fourth-order valence-electron chi connectivity index (χ4n) is 4.63. The number of amides is 1. The van der Waals surface area contributed by atoms with Gasteiger partial charge < -0.3 is 19.2 Å². The zero-order valence-corrected chi connectivity index (χ0v) is 23.7. The van der Waals surface area contributed by atoms with Crippen molar-refractivity contribution in [2.45, 2.75) is 0 Å². The summed E-state index contributed by atoms with van der Waals surface area (Å²) >= 11 is 1.26. The molecule has 0 atom stereocenters. The number of benzene rings is 4. The first-order chi connectivity index (χ1) is 21.0. The van der Waals surface area contributed by atoms with E-state index in [2.05, 4.69) is 16.4 Å². The van der Waals surface area contributed by atoms with Gasteiger partial charge in [0.2, 0.25) is 0 Å². The van der Waals surface area contributed by atoms with Gasteiger partial charge in [-0.3, -0.25) is 4.79 Å². The van der Waals surface area contributed by atoms with Crippen LogP contribution in [0.15, 0.2) is 106 Å². The molecule has 9 heteroatoms. The van der Waals surface area contributed by atoms with Gasteiger partial charge in [-0.1, -0.05) is 54.6 Å². The van der Waals surface area contributed by atoms with Crippen LogP contribution in [0.4, 0.5) is 5.69 Å².